The second-order valence-electron chi connectivity index (χ2n) is 6.98. The summed E-state index contributed by atoms with van der Waals surface area (Å²) in [5, 5.41) is 6.30. The fourth-order valence-corrected chi connectivity index (χ4v) is 3.56. The number of carbonyl (C=O) groups is 1. The molecule has 3 N–H and O–H groups in total. The standard InChI is InChI=1S/C19H25ClN8O/c1-4-14-17(20)24-18(16(23-14)19(29)25-26-21)22-13-5-6-15(12(2)11-13)28-9-7-27(3)8-10-28/h5-6,11H,4,7-10H2,1-3H3,(H,22,24)(H2,21,25,29). The maximum atomic E-state index is 12.3. The van der Waals surface area contributed by atoms with E-state index in [2.05, 4.69) is 55.8 Å². The maximum Gasteiger partial charge on any atom is 0.295 e. The predicted molar refractivity (Wildman–Crippen MR) is 113 cm³/mol. The van der Waals surface area contributed by atoms with Crippen molar-refractivity contribution in [3.05, 3.63) is 40.3 Å². The summed E-state index contributed by atoms with van der Waals surface area (Å²) in [7, 11) is 2.13. The Balaban J connectivity index is 1.87. The first-order valence-electron chi connectivity index (χ1n) is 9.47. The van der Waals surface area contributed by atoms with Crippen molar-refractivity contribution >= 4 is 34.7 Å². The minimum absolute atomic E-state index is 0.0445. The van der Waals surface area contributed by atoms with Crippen molar-refractivity contribution < 1.29 is 4.79 Å². The predicted octanol–water partition coefficient (Wildman–Crippen LogP) is 3.17. The van der Waals surface area contributed by atoms with E-state index >= 15 is 0 Å². The largest absolute Gasteiger partial charge is 0.369 e. The van der Waals surface area contributed by atoms with Gasteiger partial charge in [-0.05, 0) is 44.2 Å². The SMILES string of the molecule is CCc1nc(C(=O)NN=N)c(Nc2ccc(N3CCN(C)CC3)c(C)c2)nc1Cl. The number of piperazine rings is 1. The fraction of sp³-hybridized carbons (Fsp3) is 0.421. The van der Waals surface area contributed by atoms with Crippen LogP contribution in [0.15, 0.2) is 23.4 Å². The third-order valence-corrected chi connectivity index (χ3v) is 5.23. The molecule has 0 radical (unpaired) electrons. The molecule has 1 fully saturated rings. The molecule has 29 heavy (non-hydrogen) atoms. The number of halogens is 1. The maximum absolute atomic E-state index is 12.3. The Morgan fingerprint density at radius 1 is 1.28 bits per heavy atom. The first-order chi connectivity index (χ1) is 13.9. The molecule has 2 aromatic rings. The van der Waals surface area contributed by atoms with Crippen molar-refractivity contribution in [2.75, 3.05) is 43.4 Å². The number of hydrogen-bond donors (Lipinski definition) is 3. The summed E-state index contributed by atoms with van der Waals surface area (Å²) < 4.78 is 0. The molecule has 1 amide bonds. The molecule has 0 unspecified atom stereocenters. The van der Waals surface area contributed by atoms with Crippen molar-refractivity contribution in [2.45, 2.75) is 20.3 Å². The van der Waals surface area contributed by atoms with Crippen LogP contribution in [0, 0.1) is 12.5 Å². The van der Waals surface area contributed by atoms with Gasteiger partial charge in [-0.15, -0.1) is 0 Å². The van der Waals surface area contributed by atoms with Gasteiger partial charge in [-0.1, -0.05) is 23.7 Å². The molecular weight excluding hydrogens is 392 g/mol. The highest BCUT2D eigenvalue weighted by atomic mass is 35.5. The van der Waals surface area contributed by atoms with Crippen molar-refractivity contribution in [3.8, 4) is 0 Å². The van der Waals surface area contributed by atoms with Crippen LogP contribution in [0.25, 0.3) is 0 Å². The highest BCUT2D eigenvalue weighted by Crippen LogP contribution is 2.28. The van der Waals surface area contributed by atoms with Crippen molar-refractivity contribution in [2.24, 2.45) is 5.22 Å². The summed E-state index contributed by atoms with van der Waals surface area (Å²) in [5.74, 6) is -0.396. The van der Waals surface area contributed by atoms with Crippen molar-refractivity contribution in [1.29, 1.82) is 5.53 Å². The number of nitrogens with one attached hydrogen (secondary N) is 3. The monoisotopic (exact) mass is 416 g/mol. The third kappa shape index (κ3) is 4.80. The van der Waals surface area contributed by atoms with Gasteiger partial charge in [-0.3, -0.25) is 4.79 Å². The number of aromatic nitrogens is 2. The highest BCUT2D eigenvalue weighted by molar-refractivity contribution is 6.30. The van der Waals surface area contributed by atoms with Gasteiger partial charge in [-0.25, -0.2) is 15.4 Å². The zero-order valence-corrected chi connectivity index (χ0v) is 17.5. The van der Waals surface area contributed by atoms with Gasteiger partial charge in [0.25, 0.3) is 5.91 Å². The third-order valence-electron chi connectivity index (χ3n) is 4.93. The van der Waals surface area contributed by atoms with Gasteiger partial charge in [0.05, 0.1) is 5.69 Å². The number of carbonyl (C=O) groups excluding carboxylic acids is 1. The van der Waals surface area contributed by atoms with Crippen LogP contribution >= 0.6 is 11.6 Å². The highest BCUT2D eigenvalue weighted by Gasteiger charge is 2.20. The number of amides is 1. The van der Waals surface area contributed by atoms with Crippen molar-refractivity contribution in [3.63, 3.8) is 0 Å². The molecule has 1 aliphatic rings. The van der Waals surface area contributed by atoms with Gasteiger partial charge >= 0.3 is 0 Å². The lowest BCUT2D eigenvalue weighted by Crippen LogP contribution is -2.44. The lowest BCUT2D eigenvalue weighted by Gasteiger charge is -2.35. The molecule has 0 spiro atoms. The summed E-state index contributed by atoms with van der Waals surface area (Å²) in [6.07, 6.45) is 0.531. The zero-order chi connectivity index (χ0) is 21.0. The molecule has 0 saturated carbocycles. The summed E-state index contributed by atoms with van der Waals surface area (Å²) in [5.41, 5.74) is 12.6. The number of benzene rings is 1. The summed E-state index contributed by atoms with van der Waals surface area (Å²) in [6, 6.07) is 6.02. The van der Waals surface area contributed by atoms with E-state index in [1.807, 2.05) is 19.1 Å². The zero-order valence-electron chi connectivity index (χ0n) is 16.8. The molecule has 154 valence electrons. The quantitative estimate of drug-likeness (QED) is 0.492. The van der Waals surface area contributed by atoms with Gasteiger partial charge in [0.1, 0.15) is 0 Å². The van der Waals surface area contributed by atoms with Crippen LogP contribution in [0.1, 0.15) is 28.7 Å². The molecule has 3 rings (SSSR count). The van der Waals surface area contributed by atoms with Crippen LogP contribution < -0.4 is 15.6 Å². The van der Waals surface area contributed by atoms with E-state index in [0.717, 1.165) is 37.4 Å². The van der Waals surface area contributed by atoms with E-state index in [1.165, 1.54) is 5.69 Å². The second kappa shape index (κ2) is 9.15. The van der Waals surface area contributed by atoms with Gasteiger partial charge in [-0.2, -0.15) is 5.53 Å². The molecule has 0 atom stereocenters. The van der Waals surface area contributed by atoms with Crippen LogP contribution in [0.3, 0.4) is 0 Å². The molecule has 10 heteroatoms. The first kappa shape index (κ1) is 20.9. The normalized spacial score (nSPS) is 14.6. The summed E-state index contributed by atoms with van der Waals surface area (Å²) in [4.78, 5) is 25.6. The summed E-state index contributed by atoms with van der Waals surface area (Å²) in [6.45, 7) is 7.99. The average Bonchev–Trinajstić information content (AvgIpc) is 2.69. The molecule has 9 nitrogen and oxygen atoms in total. The number of hydrogen-bond acceptors (Lipinski definition) is 8. The van der Waals surface area contributed by atoms with Gasteiger partial charge in [0, 0.05) is 37.6 Å². The molecule has 0 aliphatic carbocycles. The Hall–Kier alpha value is -2.78. The van der Waals surface area contributed by atoms with Crippen LogP contribution in [0.4, 0.5) is 17.2 Å². The lowest BCUT2D eigenvalue weighted by atomic mass is 10.1. The van der Waals surface area contributed by atoms with Crippen LogP contribution in [0.2, 0.25) is 5.15 Å². The Morgan fingerprint density at radius 3 is 2.62 bits per heavy atom. The van der Waals surface area contributed by atoms with E-state index in [9.17, 15) is 4.79 Å². The van der Waals surface area contributed by atoms with Crippen LogP contribution in [0.5, 0.6) is 0 Å². The number of likely N-dealkylation sites (N-methyl/N-ethyl adjacent to an activating group) is 1. The van der Waals surface area contributed by atoms with E-state index in [4.69, 9.17) is 17.1 Å². The first-order valence-corrected chi connectivity index (χ1v) is 9.85. The van der Waals surface area contributed by atoms with Gasteiger partial charge in [0.2, 0.25) is 0 Å². The lowest BCUT2D eigenvalue weighted by molar-refractivity contribution is 0.0946. The molecule has 0 bridgehead atoms. The van der Waals surface area contributed by atoms with E-state index in [-0.39, 0.29) is 16.7 Å². The summed E-state index contributed by atoms with van der Waals surface area (Å²) >= 11 is 6.20. The average molecular weight is 417 g/mol. The Labute approximate surface area is 174 Å². The topological polar surface area (TPSA) is 110 Å². The number of anilines is 3. The van der Waals surface area contributed by atoms with Gasteiger partial charge < -0.3 is 15.1 Å². The number of nitrogens with zero attached hydrogens (tertiary/aromatic N) is 5. The Morgan fingerprint density at radius 2 is 2.00 bits per heavy atom. The molecular formula is C19H25ClN8O. The molecule has 1 aromatic heterocycles. The van der Waals surface area contributed by atoms with E-state index in [0.29, 0.717) is 12.1 Å². The second-order valence-corrected chi connectivity index (χ2v) is 7.34. The van der Waals surface area contributed by atoms with E-state index in [1.54, 1.807) is 0 Å². The minimum Gasteiger partial charge on any atom is -0.369 e. The van der Waals surface area contributed by atoms with Crippen molar-refractivity contribution in [1.82, 2.24) is 20.3 Å². The number of rotatable bonds is 6. The smallest absolute Gasteiger partial charge is 0.295 e. The molecule has 1 aliphatic heterocycles. The molecule has 2 heterocycles. The van der Waals surface area contributed by atoms with Crippen LogP contribution in [-0.2, 0) is 6.42 Å². The van der Waals surface area contributed by atoms with Crippen LogP contribution in [-0.4, -0.2) is 54.0 Å². The molecule has 1 saturated heterocycles. The van der Waals surface area contributed by atoms with Gasteiger partial charge in [0.15, 0.2) is 16.7 Å². The fourth-order valence-electron chi connectivity index (χ4n) is 3.30. The Bertz CT molecular complexity index is 911. The molecule has 1 aromatic carbocycles. The number of aryl methyl sites for hydroxylation is 2. The minimum atomic E-state index is -0.618. The Kier molecular flexibility index (Phi) is 6.60. The van der Waals surface area contributed by atoms with E-state index < -0.39 is 5.91 Å².